The molecule has 0 aliphatic heterocycles. The van der Waals surface area contributed by atoms with E-state index in [-0.39, 0.29) is 5.78 Å². The van der Waals surface area contributed by atoms with E-state index in [1.54, 1.807) is 16.9 Å². The topological polar surface area (TPSA) is 34.9 Å². The molecule has 0 aromatic carbocycles. The zero-order valence-electron chi connectivity index (χ0n) is 9.11. The van der Waals surface area contributed by atoms with Crippen molar-refractivity contribution in [2.24, 2.45) is 0 Å². The highest BCUT2D eigenvalue weighted by atomic mass is 79.9. The molecule has 2 rings (SSSR count). The normalized spacial score (nSPS) is 10.8. The van der Waals surface area contributed by atoms with Gasteiger partial charge in [0.15, 0.2) is 0 Å². The molecule has 0 unspecified atom stereocenters. The fourth-order valence-corrected chi connectivity index (χ4v) is 3.09. The van der Waals surface area contributed by atoms with E-state index in [2.05, 4.69) is 21.0 Å². The Balaban J connectivity index is 2.43. The Bertz CT molecular complexity index is 549. The number of ketones is 1. The second-order valence-corrected chi connectivity index (χ2v) is 5.67. The summed E-state index contributed by atoms with van der Waals surface area (Å²) in [4.78, 5) is 12.9. The lowest BCUT2D eigenvalue weighted by Gasteiger charge is -2.05. The molecule has 3 nitrogen and oxygen atoms in total. The molecule has 0 bridgehead atoms. The largest absolute Gasteiger partial charge is 0.286 e. The Hall–Kier alpha value is -0.650. The van der Waals surface area contributed by atoms with Crippen LogP contribution in [0, 0.1) is 0 Å². The summed E-state index contributed by atoms with van der Waals surface area (Å²) >= 11 is 10.7. The lowest BCUT2D eigenvalue weighted by atomic mass is 10.2. The molecule has 0 fully saturated rings. The molecule has 0 saturated heterocycles. The fraction of sp³-hybridized carbons (Fsp3) is 0.273. The second-order valence-electron chi connectivity index (χ2n) is 3.49. The first-order valence-corrected chi connectivity index (χ1v) is 7.19. The monoisotopic (exact) mass is 332 g/mol. The van der Waals surface area contributed by atoms with Crippen molar-refractivity contribution in [1.82, 2.24) is 9.78 Å². The Kier molecular flexibility index (Phi) is 4.01. The smallest absolute Gasteiger partial charge is 0.223 e. The fourth-order valence-electron chi connectivity index (χ4n) is 1.53. The van der Waals surface area contributed by atoms with Crippen molar-refractivity contribution in [2.75, 3.05) is 0 Å². The molecule has 0 radical (unpaired) electrons. The highest BCUT2D eigenvalue weighted by Gasteiger charge is 2.21. The predicted octanol–water partition coefficient (Wildman–Crippen LogP) is 4.00. The van der Waals surface area contributed by atoms with Crippen LogP contribution in [0.3, 0.4) is 0 Å². The van der Waals surface area contributed by atoms with Gasteiger partial charge in [-0.1, -0.05) is 18.5 Å². The van der Waals surface area contributed by atoms with Gasteiger partial charge in [0.25, 0.3) is 0 Å². The van der Waals surface area contributed by atoms with Gasteiger partial charge in [0.1, 0.15) is 5.69 Å². The molecule has 90 valence electrons. The number of carbonyl (C=O) groups excluding carboxylic acids is 1. The number of halogens is 2. The minimum Gasteiger partial charge on any atom is -0.286 e. The average molecular weight is 334 g/mol. The van der Waals surface area contributed by atoms with Crippen LogP contribution in [-0.4, -0.2) is 15.6 Å². The van der Waals surface area contributed by atoms with Crippen LogP contribution in [0.4, 0.5) is 0 Å². The van der Waals surface area contributed by atoms with Crippen molar-refractivity contribution < 1.29 is 4.79 Å². The first-order chi connectivity index (χ1) is 8.15. The zero-order chi connectivity index (χ0) is 12.4. The molecule has 0 saturated carbocycles. The number of aromatic nitrogens is 2. The molecule has 2 aromatic rings. The van der Waals surface area contributed by atoms with Crippen LogP contribution in [-0.2, 0) is 6.54 Å². The summed E-state index contributed by atoms with van der Waals surface area (Å²) in [5, 5.41) is 6.48. The van der Waals surface area contributed by atoms with Crippen LogP contribution in [0.2, 0.25) is 5.02 Å². The average Bonchev–Trinajstić information content (AvgIpc) is 2.86. The summed E-state index contributed by atoms with van der Waals surface area (Å²) < 4.78 is 2.42. The first-order valence-electron chi connectivity index (χ1n) is 5.14. The van der Waals surface area contributed by atoms with Gasteiger partial charge in [-0.3, -0.25) is 9.48 Å². The van der Waals surface area contributed by atoms with Crippen LogP contribution in [0.5, 0.6) is 0 Å². The van der Waals surface area contributed by atoms with E-state index in [0.717, 1.165) is 13.0 Å². The van der Waals surface area contributed by atoms with Crippen molar-refractivity contribution in [2.45, 2.75) is 19.9 Å². The van der Waals surface area contributed by atoms with Crippen molar-refractivity contribution in [3.63, 3.8) is 0 Å². The van der Waals surface area contributed by atoms with E-state index in [0.29, 0.717) is 20.1 Å². The van der Waals surface area contributed by atoms with Crippen molar-refractivity contribution >= 4 is 44.7 Å². The minimum absolute atomic E-state index is 0.0807. The van der Waals surface area contributed by atoms with Gasteiger partial charge in [0.05, 0.1) is 20.6 Å². The van der Waals surface area contributed by atoms with Crippen LogP contribution in [0.15, 0.2) is 22.1 Å². The van der Waals surface area contributed by atoms with E-state index in [9.17, 15) is 4.79 Å². The molecule has 0 spiro atoms. The maximum atomic E-state index is 12.3. The SMILES string of the molecule is CCCn1ncc(Br)c1C(=O)c1sccc1Cl. The molecule has 0 aliphatic carbocycles. The van der Waals surface area contributed by atoms with Gasteiger partial charge in [-0.2, -0.15) is 5.10 Å². The number of nitrogens with zero attached hydrogens (tertiary/aromatic N) is 2. The molecule has 6 heteroatoms. The van der Waals surface area contributed by atoms with Gasteiger partial charge in [0, 0.05) is 6.54 Å². The second kappa shape index (κ2) is 5.33. The van der Waals surface area contributed by atoms with Crippen molar-refractivity contribution in [3.8, 4) is 0 Å². The number of thiophene rings is 1. The summed E-state index contributed by atoms with van der Waals surface area (Å²) in [5.41, 5.74) is 0.566. The molecule has 17 heavy (non-hydrogen) atoms. The van der Waals surface area contributed by atoms with Gasteiger partial charge < -0.3 is 0 Å². The number of carbonyl (C=O) groups is 1. The number of aryl methyl sites for hydroxylation is 1. The molecule has 2 aromatic heterocycles. The molecule has 0 atom stereocenters. The zero-order valence-corrected chi connectivity index (χ0v) is 12.3. The number of hydrogen-bond acceptors (Lipinski definition) is 3. The summed E-state index contributed by atoms with van der Waals surface area (Å²) in [6.45, 7) is 2.76. The van der Waals surface area contributed by atoms with E-state index in [4.69, 9.17) is 11.6 Å². The summed E-state index contributed by atoms with van der Waals surface area (Å²) in [7, 11) is 0. The van der Waals surface area contributed by atoms with Gasteiger partial charge in [0.2, 0.25) is 5.78 Å². The van der Waals surface area contributed by atoms with E-state index in [1.807, 2.05) is 12.3 Å². The maximum absolute atomic E-state index is 12.3. The van der Waals surface area contributed by atoms with E-state index in [1.165, 1.54) is 11.3 Å². The molecule has 0 aliphatic rings. The Labute approximate surface area is 117 Å². The maximum Gasteiger partial charge on any atom is 0.223 e. The van der Waals surface area contributed by atoms with Gasteiger partial charge in [-0.15, -0.1) is 11.3 Å². The lowest BCUT2D eigenvalue weighted by Crippen LogP contribution is -2.11. The molecule has 2 heterocycles. The van der Waals surface area contributed by atoms with Crippen molar-refractivity contribution in [1.29, 1.82) is 0 Å². The molecule has 0 N–H and O–H groups in total. The summed E-state index contributed by atoms with van der Waals surface area (Å²) in [5.74, 6) is -0.0807. The quantitative estimate of drug-likeness (QED) is 0.793. The third-order valence-corrected chi connectivity index (χ3v) is 4.19. The molecular formula is C11H10BrClN2OS. The van der Waals surface area contributed by atoms with Gasteiger partial charge in [-0.25, -0.2) is 0 Å². The third kappa shape index (κ3) is 2.46. The van der Waals surface area contributed by atoms with Gasteiger partial charge >= 0.3 is 0 Å². The van der Waals surface area contributed by atoms with Gasteiger partial charge in [-0.05, 0) is 33.8 Å². The lowest BCUT2D eigenvalue weighted by molar-refractivity contribution is 0.103. The first kappa shape index (κ1) is 12.8. The van der Waals surface area contributed by atoms with Crippen LogP contribution in [0.25, 0.3) is 0 Å². The highest BCUT2D eigenvalue weighted by molar-refractivity contribution is 9.10. The standard InChI is InChI=1S/C11H10BrClN2OS/c1-2-4-15-9(7(12)6-14-15)10(16)11-8(13)3-5-17-11/h3,5-6H,2,4H2,1H3. The van der Waals surface area contributed by atoms with Crippen molar-refractivity contribution in [3.05, 3.63) is 37.7 Å². The molecule has 0 amide bonds. The third-order valence-electron chi connectivity index (χ3n) is 2.27. The van der Waals surface area contributed by atoms with E-state index < -0.39 is 0 Å². The Morgan fingerprint density at radius 2 is 2.41 bits per heavy atom. The number of rotatable bonds is 4. The van der Waals surface area contributed by atoms with Crippen LogP contribution >= 0.6 is 38.9 Å². The molecular weight excluding hydrogens is 324 g/mol. The minimum atomic E-state index is -0.0807. The van der Waals surface area contributed by atoms with Crippen LogP contribution < -0.4 is 0 Å². The predicted molar refractivity (Wildman–Crippen MR) is 73.0 cm³/mol. The van der Waals surface area contributed by atoms with Crippen LogP contribution in [0.1, 0.15) is 28.7 Å². The summed E-state index contributed by atoms with van der Waals surface area (Å²) in [6, 6.07) is 1.73. The highest BCUT2D eigenvalue weighted by Crippen LogP contribution is 2.28. The Morgan fingerprint density at radius 1 is 1.65 bits per heavy atom. The van der Waals surface area contributed by atoms with E-state index >= 15 is 0 Å². The summed E-state index contributed by atoms with van der Waals surface area (Å²) in [6.07, 6.45) is 2.57. The number of hydrogen-bond donors (Lipinski definition) is 0. The Morgan fingerprint density at radius 3 is 3.00 bits per heavy atom.